The van der Waals surface area contributed by atoms with Gasteiger partial charge in [-0.2, -0.15) is 0 Å². The molecule has 36 atom stereocenters. The van der Waals surface area contributed by atoms with Crippen molar-refractivity contribution in [2.24, 2.45) is 23.5 Å². The van der Waals surface area contributed by atoms with Crippen molar-refractivity contribution < 1.29 is 169 Å². The second-order valence-electron chi connectivity index (χ2n) is 22.5. The fraction of sp³-hybridized carbons (Fsp3) is 0.980. The van der Waals surface area contributed by atoms with Crippen molar-refractivity contribution in [1.82, 2.24) is 0 Å². The van der Waals surface area contributed by atoms with Crippen LogP contribution in [0.1, 0.15) is 34.1 Å². The summed E-state index contributed by atoms with van der Waals surface area (Å²) in [6.07, 6.45) is -54.7. The molecule has 7 saturated heterocycles. The van der Waals surface area contributed by atoms with E-state index in [-0.39, 0.29) is 0 Å². The Balaban J connectivity index is 1.03. The normalized spacial score (nSPS) is 51.3. The highest BCUT2D eigenvalue weighted by Gasteiger charge is 2.61. The molecule has 0 amide bonds. The number of hydrogen-bond donors (Lipinski definition) is 21. The molecule has 490 valence electrons. The van der Waals surface area contributed by atoms with E-state index in [0.717, 1.165) is 0 Å². The Hall–Kier alpha value is -1.85. The Labute approximate surface area is 479 Å². The molecule has 0 aromatic heterocycles. The van der Waals surface area contributed by atoms with E-state index >= 15 is 0 Å². The fourth-order valence-corrected chi connectivity index (χ4v) is 11.3. The average molecular weight is 1230 g/mol. The number of aliphatic hydroxyl groups excluding tert-OH is 19. The molecule has 0 aromatic carbocycles. The Morgan fingerprint density at radius 1 is 0.488 bits per heavy atom. The quantitative estimate of drug-likeness (QED) is 0.0479. The van der Waals surface area contributed by atoms with E-state index in [4.69, 9.17) is 67.3 Å². The number of carboxylic acid groups (broad SMARTS) is 1. The summed E-state index contributed by atoms with van der Waals surface area (Å²) < 4.78 is 76.0. The van der Waals surface area contributed by atoms with Gasteiger partial charge in [-0.15, -0.1) is 0 Å². The molecule has 0 radical (unpaired) electrons. The molecular formula is C49H85NO34. The molecule has 0 spiro atoms. The fourth-order valence-electron chi connectivity index (χ4n) is 11.3. The minimum atomic E-state index is -3.07. The van der Waals surface area contributed by atoms with Gasteiger partial charge in [0.25, 0.3) is 5.79 Å². The summed E-state index contributed by atoms with van der Waals surface area (Å²) in [7, 11) is 0. The summed E-state index contributed by atoms with van der Waals surface area (Å²) in [6.45, 7) is -0.0167. The molecular weight excluding hydrogens is 1150 g/mol. The third-order valence-electron chi connectivity index (χ3n) is 17.0. The topological polar surface area (TPSA) is 568 Å². The zero-order valence-corrected chi connectivity index (χ0v) is 46.1. The van der Waals surface area contributed by atoms with Crippen molar-refractivity contribution in [2.75, 3.05) is 46.2 Å². The van der Waals surface area contributed by atoms with Crippen molar-refractivity contribution in [2.45, 2.75) is 236 Å². The minimum absolute atomic E-state index is 0.440. The van der Waals surface area contributed by atoms with Gasteiger partial charge in [0.2, 0.25) is 0 Å². The van der Waals surface area contributed by atoms with Gasteiger partial charge in [0.15, 0.2) is 31.5 Å². The standard InChI is InChI=1S/C49H85NO34/c1-13-16(4)73-21(9-54)37(26(13)59)79-43-14(2)27(60)38(22(10-55)76-43)80-45-35(68)33(66)31(64)24(78-45)12-72-47-42(34(67)30(63)19(7-52)75-47)82-44-15(3)28(61)39(23(11-56)77-44)81-46-36(69)41(32(65)20(8-53)74-46)84-49(48(70)71)5-17(57)25(50)40(83-49)29(62)18(58)6-51/h13-47,51-69H,5-12,50H2,1-4H3,(H,70,71)/t13-,14+,15?,16+,17-,18-,19?,20?,21?,22?,23+,24?,25-,26?,27?,28?,29-,30-,31-,32+,33?,34?,35-,36?,37-,38-,39-,40?,41+,42-,43+,44+,45+,46?,47+,49+/m1/s1. The lowest BCUT2D eigenvalue weighted by Crippen LogP contribution is -2.70. The third kappa shape index (κ3) is 14.2. The Morgan fingerprint density at radius 3 is 1.43 bits per heavy atom. The second kappa shape index (κ2) is 29.4. The van der Waals surface area contributed by atoms with Gasteiger partial charge in [-0.3, -0.25) is 0 Å². The summed E-state index contributed by atoms with van der Waals surface area (Å²) in [5.41, 5.74) is 5.95. The monoisotopic (exact) mass is 1230 g/mol. The van der Waals surface area contributed by atoms with Crippen LogP contribution >= 0.6 is 0 Å². The van der Waals surface area contributed by atoms with E-state index in [9.17, 15) is 107 Å². The number of carboxylic acids is 1. The first kappa shape index (κ1) is 69.6. The largest absolute Gasteiger partial charge is 0.477 e. The van der Waals surface area contributed by atoms with Crippen LogP contribution in [0.3, 0.4) is 0 Å². The molecule has 0 aromatic rings. The van der Waals surface area contributed by atoms with Crippen molar-refractivity contribution in [3.63, 3.8) is 0 Å². The van der Waals surface area contributed by atoms with Gasteiger partial charge < -0.3 is 169 Å². The smallest absolute Gasteiger partial charge is 0.364 e. The molecule has 22 N–H and O–H groups in total. The van der Waals surface area contributed by atoms with Crippen LogP contribution in [-0.2, 0) is 66.4 Å². The minimum Gasteiger partial charge on any atom is -0.477 e. The predicted molar refractivity (Wildman–Crippen MR) is 264 cm³/mol. The second-order valence-corrected chi connectivity index (χ2v) is 22.5. The molecule has 7 aliphatic rings. The lowest BCUT2D eigenvalue weighted by Gasteiger charge is -2.50. The van der Waals surface area contributed by atoms with Crippen LogP contribution in [-0.4, -0.2) is 356 Å². The van der Waals surface area contributed by atoms with Crippen LogP contribution in [0.4, 0.5) is 0 Å². The number of rotatable bonds is 22. The molecule has 7 rings (SSSR count). The Bertz CT molecular complexity index is 2040. The number of nitrogens with two attached hydrogens (primary N) is 1. The Kier molecular flexibility index (Phi) is 24.4. The molecule has 0 aliphatic carbocycles. The van der Waals surface area contributed by atoms with E-state index in [1.165, 1.54) is 13.8 Å². The molecule has 35 heteroatoms. The average Bonchev–Trinajstić information content (AvgIpc) is 1.71. The molecule has 84 heavy (non-hydrogen) atoms. The van der Waals surface area contributed by atoms with Crippen LogP contribution in [0.5, 0.6) is 0 Å². The SMILES string of the molecule is CC1C(O)[C@H](OC2OC(CO)[C@H](O)[C@H](O[C@]3(C(=O)O)C[C@@H](O)[C@@H](N)C([C@H](O)[C@H](O)CO)O3)C2O)[C@H](CO)O[C@H]1O[C@@H]1C(O)[C@H](O)C(CO)O[C@@H]1OCC1O[C@@H](O[C@@H]2C(CO)O[C@@H](O[C@@H]3C(CO)O[C@@H](C)[C@@H](C)C3O)[C@@H](C)C2O)[C@H](O)C(O)[C@@H]1O. The van der Waals surface area contributed by atoms with Crippen molar-refractivity contribution in [1.29, 1.82) is 0 Å². The number of aliphatic carboxylic acids is 1. The highest BCUT2D eigenvalue weighted by molar-refractivity contribution is 5.76. The summed E-state index contributed by atoms with van der Waals surface area (Å²) in [5.74, 6) is -7.82. The number of aliphatic hydroxyl groups is 19. The van der Waals surface area contributed by atoms with Gasteiger partial charge in [0, 0.05) is 24.2 Å². The highest BCUT2D eigenvalue weighted by atomic mass is 16.8. The maximum Gasteiger partial charge on any atom is 0.364 e. The van der Waals surface area contributed by atoms with Crippen molar-refractivity contribution in [3.05, 3.63) is 0 Å². The van der Waals surface area contributed by atoms with E-state index < -0.39 is 278 Å². The predicted octanol–water partition coefficient (Wildman–Crippen LogP) is -12.2. The first-order chi connectivity index (χ1) is 39.6. The highest BCUT2D eigenvalue weighted by Crippen LogP contribution is 2.41. The molecule has 14 unspecified atom stereocenters. The molecule has 7 heterocycles. The first-order valence-electron chi connectivity index (χ1n) is 27.6. The van der Waals surface area contributed by atoms with Gasteiger partial charge in [-0.1, -0.05) is 20.8 Å². The molecule has 7 aliphatic heterocycles. The third-order valence-corrected chi connectivity index (χ3v) is 17.0. The van der Waals surface area contributed by atoms with E-state index in [1.807, 2.05) is 0 Å². The van der Waals surface area contributed by atoms with Crippen molar-refractivity contribution in [3.8, 4) is 0 Å². The number of hydrogen-bond acceptors (Lipinski definition) is 34. The summed E-state index contributed by atoms with van der Waals surface area (Å²) in [5, 5.41) is 215. The van der Waals surface area contributed by atoms with Crippen LogP contribution in [0.25, 0.3) is 0 Å². The van der Waals surface area contributed by atoms with Gasteiger partial charge in [0.1, 0.15) is 128 Å². The maximum absolute atomic E-state index is 12.8. The summed E-state index contributed by atoms with van der Waals surface area (Å²) >= 11 is 0. The zero-order chi connectivity index (χ0) is 62.1. The van der Waals surface area contributed by atoms with Crippen LogP contribution in [0.2, 0.25) is 0 Å². The maximum atomic E-state index is 12.8. The lowest BCUT2D eigenvalue weighted by atomic mass is 9.88. The van der Waals surface area contributed by atoms with Gasteiger partial charge in [-0.05, 0) is 6.92 Å². The molecule has 0 saturated carbocycles. The van der Waals surface area contributed by atoms with Gasteiger partial charge in [0.05, 0.1) is 82.8 Å². The first-order valence-corrected chi connectivity index (χ1v) is 27.6. The van der Waals surface area contributed by atoms with E-state index in [2.05, 4.69) is 0 Å². The molecule has 0 bridgehead atoms. The van der Waals surface area contributed by atoms with Crippen LogP contribution in [0, 0.1) is 17.8 Å². The van der Waals surface area contributed by atoms with Crippen LogP contribution < -0.4 is 5.73 Å². The van der Waals surface area contributed by atoms with Gasteiger partial charge in [-0.25, -0.2) is 4.79 Å². The number of carbonyl (C=O) groups is 1. The molecule has 7 fully saturated rings. The molecule has 35 nitrogen and oxygen atoms in total. The van der Waals surface area contributed by atoms with E-state index in [1.54, 1.807) is 13.8 Å². The van der Waals surface area contributed by atoms with Crippen molar-refractivity contribution >= 4 is 5.97 Å². The van der Waals surface area contributed by atoms with Gasteiger partial charge >= 0.3 is 5.97 Å². The Morgan fingerprint density at radius 2 is 0.917 bits per heavy atom. The summed E-state index contributed by atoms with van der Waals surface area (Å²) in [6, 6.07) is -1.58. The lowest BCUT2D eigenvalue weighted by molar-refractivity contribution is -0.393. The summed E-state index contributed by atoms with van der Waals surface area (Å²) in [4.78, 5) is 12.8. The van der Waals surface area contributed by atoms with E-state index in [0.29, 0.717) is 0 Å². The van der Waals surface area contributed by atoms with Crippen LogP contribution in [0.15, 0.2) is 0 Å². The zero-order valence-electron chi connectivity index (χ0n) is 46.1. The number of ether oxygens (including phenoxy) is 13.